The van der Waals surface area contributed by atoms with E-state index >= 15 is 0 Å². The van der Waals surface area contributed by atoms with Crippen LogP contribution in [0, 0.1) is 0 Å². The monoisotopic (exact) mass is 319 g/mol. The van der Waals surface area contributed by atoms with E-state index in [-0.39, 0.29) is 0 Å². The van der Waals surface area contributed by atoms with Gasteiger partial charge < -0.3 is 9.80 Å². The third-order valence-corrected chi connectivity index (χ3v) is 4.56. The second-order valence-corrected chi connectivity index (χ2v) is 6.24. The van der Waals surface area contributed by atoms with Crippen LogP contribution in [0.2, 0.25) is 0 Å². The van der Waals surface area contributed by atoms with Gasteiger partial charge in [0, 0.05) is 63.4 Å². The number of rotatable bonds is 3. The Morgan fingerprint density at radius 3 is 2.50 bits per heavy atom. The van der Waals surface area contributed by atoms with Gasteiger partial charge in [-0.05, 0) is 24.3 Å². The molecule has 24 heavy (non-hydrogen) atoms. The van der Waals surface area contributed by atoms with E-state index in [0.29, 0.717) is 0 Å². The molecular formula is C19H21N5. The molecule has 0 radical (unpaired) electrons. The molecule has 0 atom stereocenters. The molecule has 0 saturated heterocycles. The maximum atomic E-state index is 4.67. The first-order valence-electron chi connectivity index (χ1n) is 8.20. The highest BCUT2D eigenvalue weighted by molar-refractivity contribution is 5.73. The standard InChI is InChI=1S/C19H21N5/c1-22-11-12-24(18-6-4-3-5-17(18)22)14-16-13-23(2)21-19(16)15-7-9-20-10-8-15/h3-10,13H,11-12,14H2,1-2H3. The minimum Gasteiger partial charge on any atom is -0.371 e. The molecule has 0 bridgehead atoms. The maximum Gasteiger partial charge on any atom is 0.0974 e. The molecule has 3 heterocycles. The fraction of sp³-hybridized carbons (Fsp3) is 0.263. The van der Waals surface area contributed by atoms with Gasteiger partial charge in [0.15, 0.2) is 0 Å². The third-order valence-electron chi connectivity index (χ3n) is 4.56. The zero-order valence-electron chi connectivity index (χ0n) is 14.1. The fourth-order valence-corrected chi connectivity index (χ4v) is 3.34. The largest absolute Gasteiger partial charge is 0.371 e. The predicted molar refractivity (Wildman–Crippen MR) is 97.2 cm³/mol. The summed E-state index contributed by atoms with van der Waals surface area (Å²) in [6, 6.07) is 12.6. The van der Waals surface area contributed by atoms with Crippen LogP contribution in [0.1, 0.15) is 5.56 Å². The molecule has 4 rings (SSSR count). The lowest BCUT2D eigenvalue weighted by atomic mass is 10.1. The van der Waals surface area contributed by atoms with Gasteiger partial charge in [-0.3, -0.25) is 9.67 Å². The summed E-state index contributed by atoms with van der Waals surface area (Å²) in [5, 5.41) is 4.67. The van der Waals surface area contributed by atoms with Gasteiger partial charge in [0.1, 0.15) is 0 Å². The first-order valence-corrected chi connectivity index (χ1v) is 8.20. The third kappa shape index (κ3) is 2.62. The molecule has 0 fully saturated rings. The Balaban J connectivity index is 1.69. The smallest absolute Gasteiger partial charge is 0.0974 e. The molecule has 0 spiro atoms. The summed E-state index contributed by atoms with van der Waals surface area (Å²) in [5.74, 6) is 0. The molecule has 0 amide bonds. The Kier molecular flexibility index (Phi) is 3.69. The van der Waals surface area contributed by atoms with Crippen molar-refractivity contribution in [3.63, 3.8) is 0 Å². The number of pyridine rings is 1. The van der Waals surface area contributed by atoms with E-state index in [1.165, 1.54) is 16.9 Å². The number of para-hydroxylation sites is 2. The van der Waals surface area contributed by atoms with Crippen molar-refractivity contribution in [2.75, 3.05) is 29.9 Å². The Hall–Kier alpha value is -2.82. The molecule has 1 aliphatic rings. The van der Waals surface area contributed by atoms with Gasteiger partial charge in [-0.2, -0.15) is 5.10 Å². The lowest BCUT2D eigenvalue weighted by Crippen LogP contribution is -2.38. The van der Waals surface area contributed by atoms with Crippen molar-refractivity contribution < 1.29 is 0 Å². The molecule has 2 aromatic heterocycles. The molecular weight excluding hydrogens is 298 g/mol. The highest BCUT2D eigenvalue weighted by atomic mass is 15.3. The van der Waals surface area contributed by atoms with Gasteiger partial charge in [0.25, 0.3) is 0 Å². The van der Waals surface area contributed by atoms with E-state index < -0.39 is 0 Å². The first kappa shape index (κ1) is 14.8. The van der Waals surface area contributed by atoms with Crippen molar-refractivity contribution in [3.8, 4) is 11.3 Å². The Morgan fingerprint density at radius 2 is 1.71 bits per heavy atom. The van der Waals surface area contributed by atoms with Gasteiger partial charge in [-0.15, -0.1) is 0 Å². The van der Waals surface area contributed by atoms with Crippen molar-refractivity contribution in [1.29, 1.82) is 0 Å². The minimum atomic E-state index is 0.857. The normalized spacial score (nSPS) is 13.9. The van der Waals surface area contributed by atoms with Gasteiger partial charge in [-0.1, -0.05) is 12.1 Å². The second kappa shape index (κ2) is 6.00. The van der Waals surface area contributed by atoms with Crippen molar-refractivity contribution in [1.82, 2.24) is 14.8 Å². The van der Waals surface area contributed by atoms with Crippen LogP contribution in [-0.2, 0) is 13.6 Å². The Morgan fingerprint density at radius 1 is 0.958 bits per heavy atom. The van der Waals surface area contributed by atoms with Crippen molar-refractivity contribution in [2.45, 2.75) is 6.54 Å². The molecule has 0 unspecified atom stereocenters. The number of aryl methyl sites for hydroxylation is 1. The first-order chi connectivity index (χ1) is 11.7. The number of hydrogen-bond donors (Lipinski definition) is 0. The summed E-state index contributed by atoms with van der Waals surface area (Å²) < 4.78 is 1.90. The molecule has 1 aliphatic heterocycles. The number of anilines is 2. The van der Waals surface area contributed by atoms with Crippen LogP contribution < -0.4 is 9.80 Å². The number of likely N-dealkylation sites (N-methyl/N-ethyl adjacent to an activating group) is 1. The summed E-state index contributed by atoms with van der Waals surface area (Å²) in [4.78, 5) is 8.87. The number of fused-ring (bicyclic) bond motifs is 1. The average molecular weight is 319 g/mol. The molecule has 122 valence electrons. The van der Waals surface area contributed by atoms with Gasteiger partial charge in [-0.25, -0.2) is 0 Å². The summed E-state index contributed by atoms with van der Waals surface area (Å²) in [7, 11) is 4.13. The van der Waals surface area contributed by atoms with E-state index in [2.05, 4.69) is 57.4 Å². The topological polar surface area (TPSA) is 37.2 Å². The number of aromatic nitrogens is 3. The lowest BCUT2D eigenvalue weighted by Gasteiger charge is -2.37. The van der Waals surface area contributed by atoms with Crippen molar-refractivity contribution in [3.05, 3.63) is 60.6 Å². The highest BCUT2D eigenvalue weighted by Gasteiger charge is 2.21. The predicted octanol–water partition coefficient (Wildman–Crippen LogP) is 2.94. The molecule has 5 nitrogen and oxygen atoms in total. The molecule has 3 aromatic rings. The molecule has 0 aliphatic carbocycles. The fourth-order valence-electron chi connectivity index (χ4n) is 3.34. The zero-order chi connectivity index (χ0) is 16.5. The van der Waals surface area contributed by atoms with Crippen LogP contribution in [0.25, 0.3) is 11.3 Å². The van der Waals surface area contributed by atoms with Crippen LogP contribution in [0.15, 0.2) is 55.0 Å². The van der Waals surface area contributed by atoms with Gasteiger partial charge in [0.2, 0.25) is 0 Å². The van der Waals surface area contributed by atoms with Gasteiger partial charge in [0.05, 0.1) is 17.1 Å². The lowest BCUT2D eigenvalue weighted by molar-refractivity contribution is 0.732. The quantitative estimate of drug-likeness (QED) is 0.744. The molecule has 5 heteroatoms. The van der Waals surface area contributed by atoms with Crippen LogP contribution in [0.4, 0.5) is 11.4 Å². The van der Waals surface area contributed by atoms with Crippen LogP contribution in [0.5, 0.6) is 0 Å². The summed E-state index contributed by atoms with van der Waals surface area (Å²) in [6.07, 6.45) is 5.76. The van der Waals surface area contributed by atoms with Crippen molar-refractivity contribution in [2.24, 2.45) is 7.05 Å². The van der Waals surface area contributed by atoms with Crippen molar-refractivity contribution >= 4 is 11.4 Å². The molecule has 1 aromatic carbocycles. The molecule has 0 saturated carbocycles. The van der Waals surface area contributed by atoms with Crippen LogP contribution in [-0.4, -0.2) is 34.9 Å². The summed E-state index contributed by atoms with van der Waals surface area (Å²) in [5.41, 5.74) is 5.97. The number of hydrogen-bond acceptors (Lipinski definition) is 4. The maximum absolute atomic E-state index is 4.67. The van der Waals surface area contributed by atoms with Crippen LogP contribution >= 0.6 is 0 Å². The number of nitrogens with zero attached hydrogens (tertiary/aromatic N) is 5. The van der Waals surface area contributed by atoms with E-state index in [4.69, 9.17) is 0 Å². The zero-order valence-corrected chi connectivity index (χ0v) is 14.1. The summed E-state index contributed by atoms with van der Waals surface area (Å²) >= 11 is 0. The van der Waals surface area contributed by atoms with E-state index in [1.807, 2.05) is 36.3 Å². The summed E-state index contributed by atoms with van der Waals surface area (Å²) in [6.45, 7) is 2.90. The van der Waals surface area contributed by atoms with Gasteiger partial charge >= 0.3 is 0 Å². The highest BCUT2D eigenvalue weighted by Crippen LogP contribution is 2.33. The van der Waals surface area contributed by atoms with Crippen LogP contribution in [0.3, 0.4) is 0 Å². The van der Waals surface area contributed by atoms with E-state index in [1.54, 1.807) is 0 Å². The Labute approximate surface area is 142 Å². The SMILES string of the molecule is CN1CCN(Cc2cn(C)nc2-c2ccncc2)c2ccccc21. The van der Waals surface area contributed by atoms with E-state index in [0.717, 1.165) is 30.9 Å². The Bertz CT molecular complexity index is 840. The average Bonchev–Trinajstić information content (AvgIpc) is 2.99. The molecule has 0 N–H and O–H groups in total. The second-order valence-electron chi connectivity index (χ2n) is 6.24. The number of benzene rings is 1. The van der Waals surface area contributed by atoms with E-state index in [9.17, 15) is 0 Å². The minimum absolute atomic E-state index is 0.857.